The molecule has 1 aromatic carbocycles. The predicted octanol–water partition coefficient (Wildman–Crippen LogP) is 10.4. The number of allylic oxidation sites excluding steroid dienone is 11. The van der Waals surface area contributed by atoms with Crippen molar-refractivity contribution >= 4 is 19.6 Å². The Hall–Kier alpha value is -2.15. The van der Waals surface area contributed by atoms with E-state index in [9.17, 15) is 0 Å². The lowest BCUT2D eigenvalue weighted by Gasteiger charge is -2.59. The number of fused-ring (bicyclic) bond motifs is 5. The van der Waals surface area contributed by atoms with Crippen LogP contribution >= 0.6 is 13.5 Å². The van der Waals surface area contributed by atoms with Gasteiger partial charge in [-0.15, -0.1) is 0 Å². The highest BCUT2D eigenvalue weighted by Gasteiger charge is 2.54. The first-order valence-electron chi connectivity index (χ1n) is 18.0. The zero-order chi connectivity index (χ0) is 29.1. The monoisotopic (exact) mass is 665 g/mol. The van der Waals surface area contributed by atoms with Crippen molar-refractivity contribution < 1.29 is 11.0 Å². The van der Waals surface area contributed by atoms with Crippen LogP contribution in [0.2, 0.25) is 0 Å². The van der Waals surface area contributed by atoms with Crippen LogP contribution in [0, 0.1) is 59.2 Å². The van der Waals surface area contributed by atoms with Gasteiger partial charge in [0.2, 0.25) is 0 Å². The molecule has 47 heavy (non-hydrogen) atoms. The van der Waals surface area contributed by atoms with Crippen LogP contribution in [0.5, 0.6) is 0 Å². The molecule has 0 bridgehead atoms. The SMILES string of the molecule is C1=CCC2CC(C3C4CC=CC=C4C(C4C=Cc5ccccc5C4)C4CC5CCCCC5CC43)C=CC2=C1.CC.CC.N.N.O.O.S. The molecule has 264 valence electrons. The van der Waals surface area contributed by atoms with Gasteiger partial charge in [0.1, 0.15) is 0 Å². The first kappa shape index (κ1) is 42.9. The zero-order valence-corrected chi connectivity index (χ0v) is 30.8. The zero-order valence-electron chi connectivity index (χ0n) is 29.8. The average molecular weight is 665 g/mol. The standard InChI is InChI=1S/C38H44.2C2H6.2H3N.2H2O.H2S/c1-3-11-27-21-31(19-17-25(27)9-1)37-33-15-7-8-16-34(33)38(32-20-18-26-10-2-4-12-28(26)22-32)36-24-30-14-6-5-13-29(30)23-35(36)37;2*1-2;;;;;/h1-4,7-11,15,17-20,28-32,34-38H,5-6,12-14,16,21-24H2;2*1-2H3;2*1H3;3*1H2. The summed E-state index contributed by atoms with van der Waals surface area (Å²) in [5.74, 6) is 8.24. The molecule has 10 unspecified atom stereocenters. The molecule has 5 heteroatoms. The molecule has 1 aromatic rings. The van der Waals surface area contributed by atoms with Crippen molar-refractivity contribution in [1.82, 2.24) is 12.3 Å². The minimum absolute atomic E-state index is 0. The Labute approximate surface area is 294 Å². The first-order chi connectivity index (χ1) is 20.8. The van der Waals surface area contributed by atoms with Crippen LogP contribution in [0.1, 0.15) is 96.6 Å². The van der Waals surface area contributed by atoms with Gasteiger partial charge in [-0.25, -0.2) is 0 Å². The van der Waals surface area contributed by atoms with Crippen LogP contribution in [0.15, 0.2) is 90.1 Å². The van der Waals surface area contributed by atoms with Gasteiger partial charge in [0.15, 0.2) is 0 Å². The maximum Gasteiger partial charge on any atom is -0.00996 e. The average Bonchev–Trinajstić information content (AvgIpc) is 3.07. The van der Waals surface area contributed by atoms with E-state index in [1.165, 1.54) is 69.8 Å². The lowest BCUT2D eigenvalue weighted by Crippen LogP contribution is -2.52. The minimum Gasteiger partial charge on any atom is -0.412 e. The minimum atomic E-state index is 0. The normalized spacial score (nSPS) is 34.7. The third-order valence-corrected chi connectivity index (χ3v) is 12.2. The molecule has 3 fully saturated rings. The van der Waals surface area contributed by atoms with Crippen LogP contribution in [0.25, 0.3) is 6.08 Å². The van der Waals surface area contributed by atoms with E-state index in [4.69, 9.17) is 0 Å². The third kappa shape index (κ3) is 8.36. The van der Waals surface area contributed by atoms with Crippen molar-refractivity contribution in [3.05, 3.63) is 101 Å². The summed E-state index contributed by atoms with van der Waals surface area (Å²) in [4.78, 5) is 0. The van der Waals surface area contributed by atoms with Gasteiger partial charge < -0.3 is 23.3 Å². The van der Waals surface area contributed by atoms with Crippen LogP contribution in [-0.4, -0.2) is 11.0 Å². The number of benzene rings is 1. The van der Waals surface area contributed by atoms with Crippen LogP contribution in [0.4, 0.5) is 0 Å². The molecule has 0 radical (unpaired) electrons. The maximum atomic E-state index is 2.68. The van der Waals surface area contributed by atoms with E-state index < -0.39 is 0 Å². The van der Waals surface area contributed by atoms with Crippen molar-refractivity contribution in [2.24, 2.45) is 59.2 Å². The molecule has 0 heterocycles. The molecule has 3 saturated carbocycles. The Morgan fingerprint density at radius 2 is 1.32 bits per heavy atom. The fourth-order valence-electron chi connectivity index (χ4n) is 10.7. The Morgan fingerprint density at radius 1 is 0.681 bits per heavy atom. The summed E-state index contributed by atoms with van der Waals surface area (Å²) in [5, 5.41) is 0. The van der Waals surface area contributed by atoms with Gasteiger partial charge in [-0.3, -0.25) is 0 Å². The summed E-state index contributed by atoms with van der Waals surface area (Å²) in [6.45, 7) is 8.00. The fraction of sp³-hybridized carbons (Fsp3) is 0.571. The molecular formula is C42H68N2O2S. The first-order valence-corrected chi connectivity index (χ1v) is 18.0. The van der Waals surface area contributed by atoms with Crippen molar-refractivity contribution in [3.63, 3.8) is 0 Å². The van der Waals surface area contributed by atoms with Crippen molar-refractivity contribution in [2.45, 2.75) is 91.9 Å². The Bertz CT molecular complexity index is 1280. The van der Waals surface area contributed by atoms with Crippen molar-refractivity contribution in [2.75, 3.05) is 0 Å². The highest BCUT2D eigenvalue weighted by Crippen LogP contribution is 2.62. The molecule has 8 rings (SSSR count). The topological polar surface area (TPSA) is 133 Å². The van der Waals surface area contributed by atoms with Crippen LogP contribution < -0.4 is 12.3 Å². The molecule has 0 spiro atoms. The Morgan fingerprint density at radius 3 is 2.06 bits per heavy atom. The van der Waals surface area contributed by atoms with Gasteiger partial charge in [0, 0.05) is 0 Å². The molecule has 0 saturated heterocycles. The summed E-state index contributed by atoms with van der Waals surface area (Å²) < 4.78 is 0. The molecule has 10 atom stereocenters. The lowest BCUT2D eigenvalue weighted by molar-refractivity contribution is -0.0412. The van der Waals surface area contributed by atoms with E-state index in [-0.39, 0.29) is 36.7 Å². The largest absolute Gasteiger partial charge is 0.412 e. The second-order valence-electron chi connectivity index (χ2n) is 13.9. The number of hydrogen-bond acceptors (Lipinski definition) is 2. The van der Waals surface area contributed by atoms with Crippen molar-refractivity contribution in [1.29, 1.82) is 0 Å². The molecule has 4 nitrogen and oxygen atoms in total. The molecule has 0 aliphatic heterocycles. The van der Waals surface area contributed by atoms with E-state index in [1.54, 1.807) is 11.1 Å². The van der Waals surface area contributed by atoms with Gasteiger partial charge in [0.25, 0.3) is 0 Å². The maximum absolute atomic E-state index is 2.68. The molecule has 7 aliphatic rings. The Kier molecular flexibility index (Phi) is 18.0. The summed E-state index contributed by atoms with van der Waals surface area (Å²) in [6.07, 6.45) is 39.1. The molecule has 0 amide bonds. The van der Waals surface area contributed by atoms with Gasteiger partial charge in [0.05, 0.1) is 0 Å². The van der Waals surface area contributed by atoms with Crippen molar-refractivity contribution in [3.8, 4) is 0 Å². The molecule has 0 aromatic heterocycles. The lowest BCUT2D eigenvalue weighted by atomic mass is 9.46. The van der Waals surface area contributed by atoms with Crippen LogP contribution in [-0.2, 0) is 6.42 Å². The number of hydrogen-bond donors (Lipinski definition) is 2. The van der Waals surface area contributed by atoms with E-state index >= 15 is 0 Å². The summed E-state index contributed by atoms with van der Waals surface area (Å²) in [7, 11) is 0. The quantitative estimate of drug-likeness (QED) is 0.325. The fourth-order valence-corrected chi connectivity index (χ4v) is 10.7. The summed E-state index contributed by atoms with van der Waals surface area (Å²) in [5.41, 5.74) is 6.47. The van der Waals surface area contributed by atoms with Gasteiger partial charge >= 0.3 is 0 Å². The summed E-state index contributed by atoms with van der Waals surface area (Å²) >= 11 is 0. The smallest absolute Gasteiger partial charge is 0.00996 e. The number of rotatable bonds is 2. The summed E-state index contributed by atoms with van der Waals surface area (Å²) in [6, 6.07) is 9.18. The van der Waals surface area contributed by atoms with Gasteiger partial charge in [-0.2, -0.15) is 13.5 Å². The highest BCUT2D eigenvalue weighted by molar-refractivity contribution is 7.59. The molecular weight excluding hydrogens is 597 g/mol. The molecule has 10 N–H and O–H groups in total. The van der Waals surface area contributed by atoms with Crippen LogP contribution in [0.3, 0.4) is 0 Å². The highest BCUT2D eigenvalue weighted by atomic mass is 32.1. The second kappa shape index (κ2) is 19.7. The van der Waals surface area contributed by atoms with E-state index in [2.05, 4.69) is 85.0 Å². The van der Waals surface area contributed by atoms with E-state index in [1.807, 2.05) is 33.3 Å². The molecule has 7 aliphatic carbocycles. The van der Waals surface area contributed by atoms with Gasteiger partial charge in [-0.05, 0) is 114 Å². The van der Waals surface area contributed by atoms with E-state index in [0.29, 0.717) is 5.92 Å². The second-order valence-corrected chi connectivity index (χ2v) is 13.9. The third-order valence-electron chi connectivity index (χ3n) is 12.2. The Balaban J connectivity index is 0.00000119. The van der Waals surface area contributed by atoms with E-state index in [0.717, 1.165) is 53.3 Å². The van der Waals surface area contributed by atoms with Gasteiger partial charge in [-0.1, -0.05) is 144 Å². The predicted molar refractivity (Wildman–Crippen MR) is 210 cm³/mol.